The van der Waals surface area contributed by atoms with E-state index in [9.17, 15) is 9.90 Å². The lowest BCUT2D eigenvalue weighted by atomic mass is 9.95. The van der Waals surface area contributed by atoms with Crippen LogP contribution in [0.4, 0.5) is 0 Å². The molecule has 0 aromatic heterocycles. The summed E-state index contributed by atoms with van der Waals surface area (Å²) in [4.78, 5) is 11.0. The predicted octanol–water partition coefficient (Wildman–Crippen LogP) is 2.16. The van der Waals surface area contributed by atoms with Crippen LogP contribution in [0.3, 0.4) is 0 Å². The number of aliphatic hydroxyl groups excluding tert-OH is 1. The molecule has 0 fully saturated rings. The van der Waals surface area contributed by atoms with Crippen LogP contribution in [-0.2, 0) is 4.79 Å². The lowest BCUT2D eigenvalue weighted by Gasteiger charge is -2.15. The van der Waals surface area contributed by atoms with E-state index < -0.39 is 18.0 Å². The van der Waals surface area contributed by atoms with E-state index in [1.165, 1.54) is 18.2 Å². The van der Waals surface area contributed by atoms with E-state index in [0.29, 0.717) is 5.56 Å². The van der Waals surface area contributed by atoms with Gasteiger partial charge < -0.3 is 10.2 Å². The molecule has 2 unspecified atom stereocenters. The van der Waals surface area contributed by atoms with Crippen molar-refractivity contribution >= 4 is 5.97 Å². The number of aliphatic carboxylic acids is 1. The number of hydrogen-bond donors (Lipinski definition) is 2. The average Bonchev–Trinajstić information content (AvgIpc) is 2.30. The van der Waals surface area contributed by atoms with Crippen molar-refractivity contribution in [1.82, 2.24) is 0 Å². The van der Waals surface area contributed by atoms with Crippen LogP contribution in [0.5, 0.6) is 0 Å². The van der Waals surface area contributed by atoms with Crippen LogP contribution in [0.2, 0.25) is 0 Å². The molecule has 0 aliphatic rings. The van der Waals surface area contributed by atoms with E-state index in [2.05, 4.69) is 6.58 Å². The van der Waals surface area contributed by atoms with Crippen molar-refractivity contribution in [2.24, 2.45) is 5.92 Å². The van der Waals surface area contributed by atoms with Gasteiger partial charge in [0.1, 0.15) is 5.92 Å². The van der Waals surface area contributed by atoms with E-state index in [1.807, 2.05) is 6.07 Å². The zero-order valence-electron chi connectivity index (χ0n) is 8.78. The van der Waals surface area contributed by atoms with Gasteiger partial charge in [0.2, 0.25) is 0 Å². The Balaban J connectivity index is 2.91. The number of allylic oxidation sites excluding steroid dienone is 2. The van der Waals surface area contributed by atoms with Gasteiger partial charge in [0.25, 0.3) is 0 Å². The van der Waals surface area contributed by atoms with Gasteiger partial charge >= 0.3 is 5.97 Å². The van der Waals surface area contributed by atoms with Gasteiger partial charge in [0.05, 0.1) is 6.10 Å². The highest BCUT2D eigenvalue weighted by Crippen LogP contribution is 2.23. The second-order valence-electron chi connectivity index (χ2n) is 3.34. The third kappa shape index (κ3) is 3.07. The summed E-state index contributed by atoms with van der Waals surface area (Å²) in [5.74, 6) is -2.02. The van der Waals surface area contributed by atoms with Crippen molar-refractivity contribution in [2.75, 3.05) is 0 Å². The largest absolute Gasteiger partial charge is 0.481 e. The van der Waals surface area contributed by atoms with Crippen molar-refractivity contribution in [3.8, 4) is 0 Å². The zero-order valence-corrected chi connectivity index (χ0v) is 8.78. The Morgan fingerprint density at radius 2 is 1.94 bits per heavy atom. The minimum absolute atomic E-state index is 0.587. The fourth-order valence-electron chi connectivity index (χ4n) is 1.38. The minimum Gasteiger partial charge on any atom is -0.481 e. The first-order valence-electron chi connectivity index (χ1n) is 4.92. The lowest BCUT2D eigenvalue weighted by molar-refractivity contribution is -0.143. The van der Waals surface area contributed by atoms with Crippen molar-refractivity contribution in [2.45, 2.75) is 6.10 Å². The summed E-state index contributed by atoms with van der Waals surface area (Å²) >= 11 is 0. The first kappa shape index (κ1) is 12.2. The van der Waals surface area contributed by atoms with Crippen LogP contribution in [0.1, 0.15) is 11.7 Å². The summed E-state index contributed by atoms with van der Waals surface area (Å²) in [5.41, 5.74) is 0.587. The van der Waals surface area contributed by atoms with E-state index in [1.54, 1.807) is 24.3 Å². The van der Waals surface area contributed by atoms with Gasteiger partial charge in [0, 0.05) is 0 Å². The van der Waals surface area contributed by atoms with Gasteiger partial charge in [-0.3, -0.25) is 4.79 Å². The molecular formula is C13H14O3. The highest BCUT2D eigenvalue weighted by atomic mass is 16.4. The van der Waals surface area contributed by atoms with Crippen LogP contribution in [-0.4, -0.2) is 16.2 Å². The Morgan fingerprint density at radius 1 is 1.31 bits per heavy atom. The van der Waals surface area contributed by atoms with Gasteiger partial charge in [0.15, 0.2) is 0 Å². The summed E-state index contributed by atoms with van der Waals surface area (Å²) < 4.78 is 0. The zero-order chi connectivity index (χ0) is 12.0. The molecule has 0 heterocycles. The van der Waals surface area contributed by atoms with Crippen LogP contribution < -0.4 is 0 Å². The molecule has 0 aliphatic heterocycles. The lowest BCUT2D eigenvalue weighted by Crippen LogP contribution is -2.19. The molecule has 1 rings (SSSR count). The molecule has 3 heteroatoms. The Kier molecular flexibility index (Phi) is 4.48. The van der Waals surface area contributed by atoms with E-state index in [4.69, 9.17) is 5.11 Å². The first-order valence-corrected chi connectivity index (χ1v) is 4.92. The SMILES string of the molecule is C=C/C=C/C(C(=O)O)C(O)c1ccccc1. The number of benzene rings is 1. The van der Waals surface area contributed by atoms with E-state index in [-0.39, 0.29) is 0 Å². The summed E-state index contributed by atoms with van der Waals surface area (Å²) in [6.45, 7) is 3.46. The normalized spacial score (nSPS) is 14.6. The first-order chi connectivity index (χ1) is 7.66. The molecule has 2 N–H and O–H groups in total. The van der Waals surface area contributed by atoms with Crippen molar-refractivity contribution < 1.29 is 15.0 Å². The Labute approximate surface area is 94.4 Å². The second-order valence-corrected chi connectivity index (χ2v) is 3.34. The van der Waals surface area contributed by atoms with Crippen LogP contribution in [0, 0.1) is 5.92 Å². The molecule has 1 aromatic carbocycles. The predicted molar refractivity (Wildman–Crippen MR) is 61.9 cm³/mol. The molecule has 0 spiro atoms. The third-order valence-electron chi connectivity index (χ3n) is 2.22. The maximum atomic E-state index is 11.0. The smallest absolute Gasteiger partial charge is 0.313 e. The average molecular weight is 218 g/mol. The topological polar surface area (TPSA) is 57.5 Å². The highest BCUT2D eigenvalue weighted by molar-refractivity contribution is 5.73. The summed E-state index contributed by atoms with van der Waals surface area (Å²) in [7, 11) is 0. The fourth-order valence-corrected chi connectivity index (χ4v) is 1.38. The quantitative estimate of drug-likeness (QED) is 0.744. The number of aliphatic hydroxyl groups is 1. The molecular weight excluding hydrogens is 204 g/mol. The molecule has 0 bridgehead atoms. The van der Waals surface area contributed by atoms with Crippen LogP contribution >= 0.6 is 0 Å². The molecule has 0 saturated heterocycles. The van der Waals surface area contributed by atoms with Crippen molar-refractivity contribution in [1.29, 1.82) is 0 Å². The standard InChI is InChI=1S/C13H14O3/c1-2-3-9-11(13(15)16)12(14)10-7-5-4-6-8-10/h2-9,11-12,14H,1H2,(H,15,16)/b9-3+. The molecule has 3 nitrogen and oxygen atoms in total. The molecule has 0 aliphatic carbocycles. The second kappa shape index (κ2) is 5.88. The summed E-state index contributed by atoms with van der Waals surface area (Å²) in [6, 6.07) is 8.72. The monoisotopic (exact) mass is 218 g/mol. The molecule has 0 saturated carbocycles. The summed E-state index contributed by atoms with van der Waals surface area (Å²) in [6.07, 6.45) is 3.38. The molecule has 1 aromatic rings. The molecule has 84 valence electrons. The van der Waals surface area contributed by atoms with E-state index >= 15 is 0 Å². The van der Waals surface area contributed by atoms with Crippen molar-refractivity contribution in [3.05, 3.63) is 60.7 Å². The van der Waals surface area contributed by atoms with Gasteiger partial charge in [-0.25, -0.2) is 0 Å². The van der Waals surface area contributed by atoms with Crippen LogP contribution in [0.25, 0.3) is 0 Å². The molecule has 0 radical (unpaired) electrons. The van der Waals surface area contributed by atoms with Gasteiger partial charge in [-0.2, -0.15) is 0 Å². The third-order valence-corrected chi connectivity index (χ3v) is 2.22. The molecule has 16 heavy (non-hydrogen) atoms. The molecule has 0 amide bonds. The van der Waals surface area contributed by atoms with Gasteiger partial charge in [-0.1, -0.05) is 55.1 Å². The number of carboxylic acid groups (broad SMARTS) is 1. The van der Waals surface area contributed by atoms with E-state index in [0.717, 1.165) is 0 Å². The fraction of sp³-hybridized carbons (Fsp3) is 0.154. The van der Waals surface area contributed by atoms with Crippen molar-refractivity contribution in [3.63, 3.8) is 0 Å². The molecule has 2 atom stereocenters. The Morgan fingerprint density at radius 3 is 2.44 bits per heavy atom. The van der Waals surface area contributed by atoms with Gasteiger partial charge in [-0.15, -0.1) is 0 Å². The maximum absolute atomic E-state index is 11.0. The minimum atomic E-state index is -1.06. The Hall–Kier alpha value is -1.87. The number of rotatable bonds is 5. The maximum Gasteiger partial charge on any atom is 0.313 e. The van der Waals surface area contributed by atoms with Gasteiger partial charge in [-0.05, 0) is 5.56 Å². The van der Waals surface area contributed by atoms with Crippen LogP contribution in [0.15, 0.2) is 55.1 Å². The Bertz CT molecular complexity index is 381. The number of carboxylic acids is 1. The number of hydrogen-bond acceptors (Lipinski definition) is 2. The summed E-state index contributed by atoms with van der Waals surface area (Å²) in [5, 5.41) is 18.9. The highest BCUT2D eigenvalue weighted by Gasteiger charge is 2.24. The number of carbonyl (C=O) groups is 1.